The lowest BCUT2D eigenvalue weighted by Crippen LogP contribution is -1.96. The lowest BCUT2D eigenvalue weighted by atomic mass is 10.2. The van der Waals surface area contributed by atoms with Gasteiger partial charge in [-0.25, -0.2) is 0 Å². The molecule has 78 valence electrons. The number of nitrogens with zero attached hydrogens (tertiary/aromatic N) is 2. The van der Waals surface area contributed by atoms with E-state index in [2.05, 4.69) is 46.2 Å². The summed E-state index contributed by atoms with van der Waals surface area (Å²) in [4.78, 5) is 0. The first kappa shape index (κ1) is 11.5. The van der Waals surface area contributed by atoms with Gasteiger partial charge >= 0.3 is 0 Å². The van der Waals surface area contributed by atoms with E-state index >= 15 is 0 Å². The van der Waals surface area contributed by atoms with E-state index in [1.54, 1.807) is 0 Å². The topological polar surface area (TPSA) is 17.8 Å². The average Bonchev–Trinajstić information content (AvgIpc) is 2.54. The van der Waals surface area contributed by atoms with E-state index in [1.807, 2.05) is 11.7 Å². The number of aryl methyl sites for hydroxylation is 2. The Bertz CT molecular complexity index is 302. The van der Waals surface area contributed by atoms with Crippen molar-refractivity contribution < 1.29 is 0 Å². The number of alkyl halides is 1. The molecule has 0 aromatic carbocycles. The van der Waals surface area contributed by atoms with Crippen LogP contribution >= 0.6 is 15.9 Å². The molecule has 1 aromatic heterocycles. The molecule has 0 N–H and O–H groups in total. The van der Waals surface area contributed by atoms with Crippen LogP contribution in [0.1, 0.15) is 24.7 Å². The number of aromatic nitrogens is 2. The quantitative estimate of drug-likeness (QED) is 0.586. The Hall–Kier alpha value is -0.570. The standard InChI is InChI=1S/C11H17BrN2/c1-3-10-9-11(14(2)13-10)7-5-4-6-8-12/h4-5,9H,3,6-8H2,1-2H3. The molecule has 0 aliphatic rings. The summed E-state index contributed by atoms with van der Waals surface area (Å²) >= 11 is 3.40. The predicted octanol–water partition coefficient (Wildman–Crippen LogP) is 2.87. The van der Waals surface area contributed by atoms with E-state index in [0.717, 1.165) is 24.6 Å². The lowest BCUT2D eigenvalue weighted by Gasteiger charge is -1.95. The van der Waals surface area contributed by atoms with Crippen LogP contribution in [0.2, 0.25) is 0 Å². The highest BCUT2D eigenvalue weighted by Crippen LogP contribution is 2.05. The molecular weight excluding hydrogens is 240 g/mol. The molecule has 0 saturated heterocycles. The second-order valence-electron chi connectivity index (χ2n) is 3.26. The molecule has 0 spiro atoms. The molecule has 0 radical (unpaired) electrons. The second-order valence-corrected chi connectivity index (χ2v) is 4.05. The van der Waals surface area contributed by atoms with Crippen molar-refractivity contribution in [1.29, 1.82) is 0 Å². The van der Waals surface area contributed by atoms with Crippen molar-refractivity contribution in [1.82, 2.24) is 9.78 Å². The van der Waals surface area contributed by atoms with Gasteiger partial charge < -0.3 is 0 Å². The Labute approximate surface area is 94.1 Å². The van der Waals surface area contributed by atoms with Crippen molar-refractivity contribution in [3.05, 3.63) is 29.6 Å². The number of halogens is 1. The van der Waals surface area contributed by atoms with Crippen LogP contribution in [0.25, 0.3) is 0 Å². The van der Waals surface area contributed by atoms with E-state index in [1.165, 1.54) is 11.4 Å². The van der Waals surface area contributed by atoms with Gasteiger partial charge in [0.1, 0.15) is 0 Å². The largest absolute Gasteiger partial charge is 0.272 e. The first-order chi connectivity index (χ1) is 6.77. The van der Waals surface area contributed by atoms with Crippen molar-refractivity contribution in [3.63, 3.8) is 0 Å². The number of hydrogen-bond acceptors (Lipinski definition) is 1. The van der Waals surface area contributed by atoms with Crippen LogP contribution in [0, 0.1) is 0 Å². The fourth-order valence-electron chi connectivity index (χ4n) is 1.32. The van der Waals surface area contributed by atoms with Crippen LogP contribution in [0.5, 0.6) is 0 Å². The van der Waals surface area contributed by atoms with Gasteiger partial charge in [0.05, 0.1) is 5.69 Å². The molecule has 1 heterocycles. The summed E-state index contributed by atoms with van der Waals surface area (Å²) in [6.45, 7) is 2.13. The third-order valence-corrected chi connectivity index (χ3v) is 2.62. The molecule has 1 rings (SSSR count). The lowest BCUT2D eigenvalue weighted by molar-refractivity contribution is 0.712. The summed E-state index contributed by atoms with van der Waals surface area (Å²) in [7, 11) is 2.01. The summed E-state index contributed by atoms with van der Waals surface area (Å²) in [5.74, 6) is 0. The Morgan fingerprint density at radius 2 is 2.29 bits per heavy atom. The molecule has 0 atom stereocenters. The smallest absolute Gasteiger partial charge is 0.0624 e. The first-order valence-corrected chi connectivity index (χ1v) is 6.12. The molecule has 14 heavy (non-hydrogen) atoms. The van der Waals surface area contributed by atoms with Gasteiger partial charge in [-0.3, -0.25) is 4.68 Å². The Morgan fingerprint density at radius 1 is 1.50 bits per heavy atom. The van der Waals surface area contributed by atoms with Gasteiger partial charge in [0.25, 0.3) is 0 Å². The minimum atomic E-state index is 0.983. The van der Waals surface area contributed by atoms with Crippen LogP contribution in [0.4, 0.5) is 0 Å². The van der Waals surface area contributed by atoms with Gasteiger partial charge in [0, 0.05) is 24.5 Å². The summed E-state index contributed by atoms with van der Waals surface area (Å²) in [5, 5.41) is 5.44. The van der Waals surface area contributed by atoms with Crippen LogP contribution in [0.3, 0.4) is 0 Å². The molecular formula is C11H17BrN2. The second kappa shape index (κ2) is 6.02. The average molecular weight is 257 g/mol. The molecule has 0 aliphatic heterocycles. The molecule has 3 heteroatoms. The van der Waals surface area contributed by atoms with Crippen LogP contribution in [-0.4, -0.2) is 15.1 Å². The third kappa shape index (κ3) is 3.29. The Kier molecular flexibility index (Phi) is 4.94. The molecule has 0 fully saturated rings. The SMILES string of the molecule is CCc1cc(CC=CCCBr)n(C)n1. The number of rotatable bonds is 5. The molecule has 0 amide bonds. The number of hydrogen-bond donors (Lipinski definition) is 0. The highest BCUT2D eigenvalue weighted by atomic mass is 79.9. The minimum Gasteiger partial charge on any atom is -0.272 e. The van der Waals surface area contributed by atoms with Crippen molar-refractivity contribution in [2.75, 3.05) is 5.33 Å². The van der Waals surface area contributed by atoms with Crippen LogP contribution < -0.4 is 0 Å². The van der Waals surface area contributed by atoms with Gasteiger partial charge in [-0.2, -0.15) is 5.10 Å². The third-order valence-electron chi connectivity index (χ3n) is 2.16. The molecule has 2 nitrogen and oxygen atoms in total. The maximum Gasteiger partial charge on any atom is 0.0624 e. The van der Waals surface area contributed by atoms with Gasteiger partial charge in [-0.15, -0.1) is 0 Å². The zero-order valence-electron chi connectivity index (χ0n) is 8.83. The summed E-state index contributed by atoms with van der Waals surface area (Å²) < 4.78 is 1.97. The van der Waals surface area contributed by atoms with Crippen LogP contribution in [0.15, 0.2) is 18.2 Å². The Balaban J connectivity index is 2.53. The van der Waals surface area contributed by atoms with Gasteiger partial charge in [0.2, 0.25) is 0 Å². The van der Waals surface area contributed by atoms with Crippen molar-refractivity contribution in [3.8, 4) is 0 Å². The van der Waals surface area contributed by atoms with E-state index < -0.39 is 0 Å². The molecule has 0 unspecified atom stereocenters. The minimum absolute atomic E-state index is 0.983. The zero-order valence-corrected chi connectivity index (χ0v) is 10.4. The highest BCUT2D eigenvalue weighted by Gasteiger charge is 2.00. The fraction of sp³-hybridized carbons (Fsp3) is 0.545. The normalized spacial score (nSPS) is 11.4. The van der Waals surface area contributed by atoms with E-state index in [4.69, 9.17) is 0 Å². The van der Waals surface area contributed by atoms with Crippen molar-refractivity contribution >= 4 is 15.9 Å². The van der Waals surface area contributed by atoms with Gasteiger partial charge in [-0.05, 0) is 18.9 Å². The maximum atomic E-state index is 4.40. The van der Waals surface area contributed by atoms with E-state index in [9.17, 15) is 0 Å². The van der Waals surface area contributed by atoms with E-state index in [0.29, 0.717) is 0 Å². The summed E-state index contributed by atoms with van der Waals surface area (Å²) in [5.41, 5.74) is 2.46. The molecule has 0 bridgehead atoms. The summed E-state index contributed by atoms with van der Waals surface area (Å²) in [6.07, 6.45) is 7.50. The molecule has 0 saturated carbocycles. The monoisotopic (exact) mass is 256 g/mol. The first-order valence-electron chi connectivity index (χ1n) is 5.00. The number of allylic oxidation sites excluding steroid dienone is 2. The van der Waals surface area contributed by atoms with E-state index in [-0.39, 0.29) is 0 Å². The Morgan fingerprint density at radius 3 is 2.86 bits per heavy atom. The molecule has 1 aromatic rings. The maximum absolute atomic E-state index is 4.40. The zero-order chi connectivity index (χ0) is 10.4. The fourth-order valence-corrected chi connectivity index (χ4v) is 1.58. The summed E-state index contributed by atoms with van der Waals surface area (Å²) in [6, 6.07) is 2.18. The van der Waals surface area contributed by atoms with Crippen molar-refractivity contribution in [2.45, 2.75) is 26.2 Å². The van der Waals surface area contributed by atoms with Gasteiger partial charge in [-0.1, -0.05) is 35.0 Å². The van der Waals surface area contributed by atoms with Crippen molar-refractivity contribution in [2.24, 2.45) is 7.05 Å². The highest BCUT2D eigenvalue weighted by molar-refractivity contribution is 9.09. The molecule has 0 aliphatic carbocycles. The predicted molar refractivity (Wildman–Crippen MR) is 63.8 cm³/mol. The van der Waals surface area contributed by atoms with Crippen LogP contribution in [-0.2, 0) is 19.9 Å². The van der Waals surface area contributed by atoms with Gasteiger partial charge in [0.15, 0.2) is 0 Å².